The third kappa shape index (κ3) is 4.70. The number of anilines is 1. The number of nitrogens with zero attached hydrogens (tertiary/aromatic N) is 4. The molecule has 0 spiro atoms. The van der Waals surface area contributed by atoms with Gasteiger partial charge in [0.2, 0.25) is 0 Å². The average Bonchev–Trinajstić information content (AvgIpc) is 3.61. The number of imidazole rings is 1. The second-order valence-corrected chi connectivity index (χ2v) is 8.58. The van der Waals surface area contributed by atoms with Crippen LogP contribution in [-0.4, -0.2) is 26.9 Å². The molecule has 168 valence electrons. The number of urea groups is 1. The Labute approximate surface area is 200 Å². The molecule has 0 saturated carbocycles. The highest BCUT2D eigenvalue weighted by molar-refractivity contribution is 7.15. The molecule has 0 aliphatic rings. The summed E-state index contributed by atoms with van der Waals surface area (Å²) in [5, 5.41) is 14.0. The molecule has 0 bridgehead atoms. The second-order valence-electron chi connectivity index (χ2n) is 7.74. The van der Waals surface area contributed by atoms with Crippen LogP contribution in [0.3, 0.4) is 0 Å². The number of aromatic nitrogens is 2. The Balaban J connectivity index is 1.33. The summed E-state index contributed by atoms with van der Waals surface area (Å²) in [7, 11) is 0. The van der Waals surface area contributed by atoms with E-state index in [0.29, 0.717) is 36.5 Å². The SMILES string of the molecule is N#Cc1ccc(NC(=O)N(CCc2csc3nc(-c4ccccc4)cn23)Cc2ccco2)cc1. The number of furan rings is 1. The van der Waals surface area contributed by atoms with Gasteiger partial charge < -0.3 is 14.6 Å². The number of benzene rings is 2. The minimum Gasteiger partial charge on any atom is -0.467 e. The summed E-state index contributed by atoms with van der Waals surface area (Å²) in [6.07, 6.45) is 4.31. The standard InChI is InChI=1S/C26H21N5O2S/c27-15-19-8-10-21(11-9-19)28-25(32)30(16-23-7-4-14-33-23)13-12-22-18-34-26-29-24(17-31(22)26)20-5-2-1-3-6-20/h1-11,14,17-18H,12-13,16H2,(H,28,32). The molecule has 0 saturated heterocycles. The van der Waals surface area contributed by atoms with E-state index in [9.17, 15) is 4.79 Å². The number of hydrogen-bond acceptors (Lipinski definition) is 5. The van der Waals surface area contributed by atoms with E-state index in [-0.39, 0.29) is 6.03 Å². The fourth-order valence-electron chi connectivity index (χ4n) is 3.68. The Morgan fingerprint density at radius 1 is 1.12 bits per heavy atom. The van der Waals surface area contributed by atoms with E-state index in [1.807, 2.05) is 48.7 Å². The van der Waals surface area contributed by atoms with Crippen LogP contribution in [0.25, 0.3) is 16.2 Å². The van der Waals surface area contributed by atoms with Gasteiger partial charge in [-0.2, -0.15) is 5.26 Å². The Bertz CT molecular complexity index is 1430. The minimum atomic E-state index is -0.233. The highest BCUT2D eigenvalue weighted by Gasteiger charge is 2.17. The molecule has 3 aromatic heterocycles. The molecule has 1 N–H and O–H groups in total. The van der Waals surface area contributed by atoms with E-state index < -0.39 is 0 Å². The second kappa shape index (κ2) is 9.65. The van der Waals surface area contributed by atoms with Crippen molar-refractivity contribution >= 4 is 28.0 Å². The minimum absolute atomic E-state index is 0.233. The van der Waals surface area contributed by atoms with Crippen LogP contribution >= 0.6 is 11.3 Å². The first kappa shape index (κ1) is 21.5. The lowest BCUT2D eigenvalue weighted by atomic mass is 10.2. The van der Waals surface area contributed by atoms with Gasteiger partial charge in [-0.15, -0.1) is 11.3 Å². The predicted octanol–water partition coefficient (Wildman–Crippen LogP) is 5.80. The number of nitriles is 1. The first-order valence-corrected chi connectivity index (χ1v) is 11.7. The van der Waals surface area contributed by atoms with Crippen LogP contribution in [0.5, 0.6) is 0 Å². The van der Waals surface area contributed by atoms with E-state index in [1.165, 1.54) is 0 Å². The third-order valence-corrected chi connectivity index (χ3v) is 6.36. The van der Waals surface area contributed by atoms with Gasteiger partial charge in [0.25, 0.3) is 0 Å². The topological polar surface area (TPSA) is 86.6 Å². The fraction of sp³-hybridized carbons (Fsp3) is 0.115. The van der Waals surface area contributed by atoms with Gasteiger partial charge >= 0.3 is 6.03 Å². The third-order valence-electron chi connectivity index (χ3n) is 5.47. The van der Waals surface area contributed by atoms with Crippen molar-refractivity contribution in [3.63, 3.8) is 0 Å². The van der Waals surface area contributed by atoms with Crippen LogP contribution in [0.1, 0.15) is 17.0 Å². The molecule has 2 aromatic carbocycles. The van der Waals surface area contributed by atoms with Crippen LogP contribution in [0, 0.1) is 11.3 Å². The first-order valence-electron chi connectivity index (χ1n) is 10.8. The lowest BCUT2D eigenvalue weighted by Gasteiger charge is -2.22. The summed E-state index contributed by atoms with van der Waals surface area (Å²) in [6.45, 7) is 0.842. The summed E-state index contributed by atoms with van der Waals surface area (Å²) in [6, 6.07) is 22.4. The number of nitrogens with one attached hydrogen (secondary N) is 1. The van der Waals surface area contributed by atoms with Crippen molar-refractivity contribution in [3.05, 3.63) is 102 Å². The quantitative estimate of drug-likeness (QED) is 0.327. The van der Waals surface area contributed by atoms with Crippen molar-refractivity contribution in [2.75, 3.05) is 11.9 Å². The van der Waals surface area contributed by atoms with Crippen molar-refractivity contribution in [1.29, 1.82) is 5.26 Å². The molecule has 34 heavy (non-hydrogen) atoms. The molecule has 5 rings (SSSR count). The first-order chi connectivity index (χ1) is 16.7. The zero-order valence-electron chi connectivity index (χ0n) is 18.2. The Kier molecular flexibility index (Phi) is 6.10. The average molecular weight is 468 g/mol. The number of thiazole rings is 1. The predicted molar refractivity (Wildman–Crippen MR) is 132 cm³/mol. The molecule has 2 amide bonds. The zero-order valence-corrected chi connectivity index (χ0v) is 19.0. The molecule has 0 aliphatic carbocycles. The van der Waals surface area contributed by atoms with E-state index in [0.717, 1.165) is 21.9 Å². The molecule has 0 unspecified atom stereocenters. The van der Waals surface area contributed by atoms with Crippen LogP contribution in [0.15, 0.2) is 89.0 Å². The maximum atomic E-state index is 13.1. The van der Waals surface area contributed by atoms with Gasteiger partial charge in [-0.05, 0) is 36.4 Å². The van der Waals surface area contributed by atoms with Gasteiger partial charge in [-0.3, -0.25) is 4.40 Å². The largest absolute Gasteiger partial charge is 0.467 e. The number of rotatable bonds is 7. The monoisotopic (exact) mass is 467 g/mol. The van der Waals surface area contributed by atoms with Gasteiger partial charge in [0, 0.05) is 41.5 Å². The molecule has 0 atom stereocenters. The molecule has 8 heteroatoms. The molecule has 7 nitrogen and oxygen atoms in total. The number of amides is 2. The van der Waals surface area contributed by atoms with Gasteiger partial charge in [-0.1, -0.05) is 30.3 Å². The molecule has 0 radical (unpaired) electrons. The Hall–Kier alpha value is -4.35. The molecule has 5 aromatic rings. The van der Waals surface area contributed by atoms with E-state index in [4.69, 9.17) is 14.7 Å². The number of hydrogen-bond donors (Lipinski definition) is 1. The molecular formula is C26H21N5O2S. The Morgan fingerprint density at radius 3 is 2.68 bits per heavy atom. The van der Waals surface area contributed by atoms with Crippen molar-refractivity contribution < 1.29 is 9.21 Å². The number of fused-ring (bicyclic) bond motifs is 1. The zero-order chi connectivity index (χ0) is 23.3. The normalized spacial score (nSPS) is 10.8. The summed E-state index contributed by atoms with van der Waals surface area (Å²) >= 11 is 1.59. The Morgan fingerprint density at radius 2 is 1.94 bits per heavy atom. The number of carbonyl (C=O) groups excluding carboxylic acids is 1. The molecule has 0 fully saturated rings. The lowest BCUT2D eigenvalue weighted by molar-refractivity contribution is 0.204. The molecule has 3 heterocycles. The van der Waals surface area contributed by atoms with Crippen molar-refractivity contribution in [1.82, 2.24) is 14.3 Å². The molecule has 0 aliphatic heterocycles. The van der Waals surface area contributed by atoms with E-state index in [1.54, 1.807) is 46.8 Å². The van der Waals surface area contributed by atoms with Crippen molar-refractivity contribution in [2.24, 2.45) is 0 Å². The smallest absolute Gasteiger partial charge is 0.322 e. The van der Waals surface area contributed by atoms with E-state index in [2.05, 4.69) is 21.2 Å². The highest BCUT2D eigenvalue weighted by Crippen LogP contribution is 2.24. The molecular weight excluding hydrogens is 446 g/mol. The van der Waals surface area contributed by atoms with Crippen LogP contribution in [0.4, 0.5) is 10.5 Å². The van der Waals surface area contributed by atoms with Gasteiger partial charge in [0.05, 0.1) is 30.1 Å². The van der Waals surface area contributed by atoms with Crippen LogP contribution in [-0.2, 0) is 13.0 Å². The summed E-state index contributed by atoms with van der Waals surface area (Å²) in [5.41, 5.74) is 4.27. The van der Waals surface area contributed by atoms with Crippen LogP contribution in [0.2, 0.25) is 0 Å². The number of carbonyl (C=O) groups is 1. The maximum Gasteiger partial charge on any atom is 0.322 e. The lowest BCUT2D eigenvalue weighted by Crippen LogP contribution is -2.36. The maximum absolute atomic E-state index is 13.1. The van der Waals surface area contributed by atoms with E-state index >= 15 is 0 Å². The van der Waals surface area contributed by atoms with Crippen molar-refractivity contribution in [2.45, 2.75) is 13.0 Å². The van der Waals surface area contributed by atoms with Crippen molar-refractivity contribution in [3.8, 4) is 17.3 Å². The summed E-state index contributed by atoms with van der Waals surface area (Å²) < 4.78 is 7.58. The summed E-state index contributed by atoms with van der Waals surface area (Å²) in [5.74, 6) is 0.708. The van der Waals surface area contributed by atoms with Crippen LogP contribution < -0.4 is 5.32 Å². The van der Waals surface area contributed by atoms with Gasteiger partial charge in [0.15, 0.2) is 4.96 Å². The highest BCUT2D eigenvalue weighted by atomic mass is 32.1. The fourth-order valence-corrected chi connectivity index (χ4v) is 4.59. The van der Waals surface area contributed by atoms with Gasteiger partial charge in [-0.25, -0.2) is 9.78 Å². The van der Waals surface area contributed by atoms with Gasteiger partial charge in [0.1, 0.15) is 5.76 Å². The summed E-state index contributed by atoms with van der Waals surface area (Å²) in [4.78, 5) is 20.5.